The van der Waals surface area contributed by atoms with Crippen LogP contribution in [0, 0.1) is 6.92 Å². The van der Waals surface area contributed by atoms with Gasteiger partial charge in [0, 0.05) is 12.1 Å². The summed E-state index contributed by atoms with van der Waals surface area (Å²) in [6, 6.07) is 14.3. The van der Waals surface area contributed by atoms with E-state index < -0.39 is 11.6 Å². The Morgan fingerprint density at radius 2 is 1.83 bits per heavy atom. The average Bonchev–Trinajstić information content (AvgIpc) is 2.65. The lowest BCUT2D eigenvalue weighted by molar-refractivity contribution is -0.143. The van der Waals surface area contributed by atoms with Crippen LogP contribution in [0.1, 0.15) is 45.2 Å². The molecular formula is C24H31ClN2O3. The van der Waals surface area contributed by atoms with Crippen molar-refractivity contribution in [2.24, 2.45) is 0 Å². The molecular weight excluding hydrogens is 400 g/mol. The molecule has 0 aliphatic rings. The summed E-state index contributed by atoms with van der Waals surface area (Å²) in [6.45, 7) is 9.79. The number of nitrogens with zero attached hydrogens (tertiary/aromatic N) is 1. The molecule has 0 aliphatic carbocycles. The van der Waals surface area contributed by atoms with Crippen molar-refractivity contribution in [2.45, 2.75) is 59.2 Å². The molecule has 0 fully saturated rings. The summed E-state index contributed by atoms with van der Waals surface area (Å²) in [7, 11) is 0. The zero-order chi connectivity index (χ0) is 22.3. The number of rotatable bonds is 8. The molecule has 0 heterocycles. The van der Waals surface area contributed by atoms with Crippen molar-refractivity contribution >= 4 is 23.4 Å². The summed E-state index contributed by atoms with van der Waals surface area (Å²) in [5.41, 5.74) is 1.67. The molecule has 0 saturated carbocycles. The van der Waals surface area contributed by atoms with Gasteiger partial charge in [-0.3, -0.25) is 9.59 Å². The van der Waals surface area contributed by atoms with Gasteiger partial charge in [0.25, 0.3) is 5.91 Å². The summed E-state index contributed by atoms with van der Waals surface area (Å²) in [5.74, 6) is -0.00806. The molecule has 1 N–H and O–H groups in total. The molecule has 162 valence electrons. The third-order valence-corrected chi connectivity index (χ3v) is 4.82. The number of hydrogen-bond acceptors (Lipinski definition) is 3. The van der Waals surface area contributed by atoms with Crippen LogP contribution in [0.15, 0.2) is 48.5 Å². The second-order valence-electron chi connectivity index (χ2n) is 8.39. The zero-order valence-electron chi connectivity index (χ0n) is 18.4. The number of carbonyl (C=O) groups is 2. The van der Waals surface area contributed by atoms with E-state index in [0.29, 0.717) is 23.7 Å². The van der Waals surface area contributed by atoms with Crippen molar-refractivity contribution in [3.63, 3.8) is 0 Å². The van der Waals surface area contributed by atoms with Gasteiger partial charge in [-0.2, -0.15) is 0 Å². The van der Waals surface area contributed by atoms with Gasteiger partial charge in [0.1, 0.15) is 11.8 Å². The molecule has 0 aliphatic heterocycles. The lowest BCUT2D eigenvalue weighted by Crippen LogP contribution is -2.54. The molecule has 2 aromatic rings. The number of carbonyl (C=O) groups excluding carboxylic acids is 2. The molecule has 0 radical (unpaired) electrons. The van der Waals surface area contributed by atoms with E-state index in [-0.39, 0.29) is 18.4 Å². The molecule has 0 spiro atoms. The Labute approximate surface area is 184 Å². The number of benzene rings is 2. The molecule has 0 bridgehead atoms. The average molecular weight is 431 g/mol. The quantitative estimate of drug-likeness (QED) is 0.657. The third-order valence-electron chi connectivity index (χ3n) is 4.51. The van der Waals surface area contributed by atoms with Gasteiger partial charge < -0.3 is 15.0 Å². The lowest BCUT2D eigenvalue weighted by atomic mass is 10.1. The van der Waals surface area contributed by atoms with Crippen LogP contribution in [0.5, 0.6) is 5.75 Å². The minimum atomic E-state index is -0.605. The number of amides is 2. The molecule has 5 nitrogen and oxygen atoms in total. The topological polar surface area (TPSA) is 58.6 Å². The van der Waals surface area contributed by atoms with Gasteiger partial charge in [0.15, 0.2) is 6.61 Å². The first-order chi connectivity index (χ1) is 14.1. The third kappa shape index (κ3) is 7.06. The van der Waals surface area contributed by atoms with Crippen molar-refractivity contribution in [3.05, 3.63) is 64.7 Å². The normalized spacial score (nSPS) is 12.2. The fraction of sp³-hybridized carbons (Fsp3) is 0.417. The van der Waals surface area contributed by atoms with Crippen LogP contribution < -0.4 is 10.1 Å². The molecule has 0 unspecified atom stereocenters. The van der Waals surface area contributed by atoms with Gasteiger partial charge in [-0.25, -0.2) is 0 Å². The largest absolute Gasteiger partial charge is 0.482 e. The highest BCUT2D eigenvalue weighted by atomic mass is 35.5. The maximum absolute atomic E-state index is 13.2. The molecule has 2 aromatic carbocycles. The Hall–Kier alpha value is -2.53. The predicted molar refractivity (Wildman–Crippen MR) is 121 cm³/mol. The predicted octanol–water partition coefficient (Wildman–Crippen LogP) is 4.75. The van der Waals surface area contributed by atoms with E-state index in [0.717, 1.165) is 11.1 Å². The van der Waals surface area contributed by atoms with E-state index in [1.54, 1.807) is 29.2 Å². The molecule has 0 saturated heterocycles. The fourth-order valence-electron chi connectivity index (χ4n) is 3.16. The van der Waals surface area contributed by atoms with Crippen molar-refractivity contribution < 1.29 is 14.3 Å². The second-order valence-corrected chi connectivity index (χ2v) is 8.80. The van der Waals surface area contributed by atoms with E-state index in [2.05, 4.69) is 5.32 Å². The van der Waals surface area contributed by atoms with E-state index >= 15 is 0 Å². The highest BCUT2D eigenvalue weighted by molar-refractivity contribution is 6.32. The SMILES string of the molecule is CC[C@@H](C(=O)NC(C)(C)C)N(Cc1cccc(C)c1)C(=O)COc1ccccc1Cl. The van der Waals surface area contributed by atoms with Gasteiger partial charge in [-0.15, -0.1) is 0 Å². The lowest BCUT2D eigenvalue weighted by Gasteiger charge is -2.33. The van der Waals surface area contributed by atoms with Crippen LogP contribution in [-0.2, 0) is 16.1 Å². The Kier molecular flexibility index (Phi) is 8.30. The highest BCUT2D eigenvalue weighted by Gasteiger charge is 2.31. The minimum Gasteiger partial charge on any atom is -0.482 e. The molecule has 6 heteroatoms. The van der Waals surface area contributed by atoms with Crippen LogP contribution in [0.2, 0.25) is 5.02 Å². The van der Waals surface area contributed by atoms with Crippen molar-refractivity contribution in [1.29, 1.82) is 0 Å². The van der Waals surface area contributed by atoms with Gasteiger partial charge in [-0.05, 0) is 51.8 Å². The van der Waals surface area contributed by atoms with Crippen LogP contribution in [0.25, 0.3) is 0 Å². The molecule has 30 heavy (non-hydrogen) atoms. The second kappa shape index (κ2) is 10.5. The van der Waals surface area contributed by atoms with Crippen LogP contribution >= 0.6 is 11.6 Å². The van der Waals surface area contributed by atoms with Crippen molar-refractivity contribution in [1.82, 2.24) is 10.2 Å². The summed E-state index contributed by atoms with van der Waals surface area (Å²) >= 11 is 6.13. The Bertz CT molecular complexity index is 877. The Balaban J connectivity index is 2.25. The summed E-state index contributed by atoms with van der Waals surface area (Å²) in [4.78, 5) is 27.7. The van der Waals surface area contributed by atoms with E-state index in [4.69, 9.17) is 16.3 Å². The van der Waals surface area contributed by atoms with Gasteiger partial charge in [-0.1, -0.05) is 60.5 Å². The van der Waals surface area contributed by atoms with E-state index in [1.165, 1.54) is 0 Å². The molecule has 0 aromatic heterocycles. The van der Waals surface area contributed by atoms with Crippen molar-refractivity contribution in [2.75, 3.05) is 6.61 Å². The molecule has 2 amide bonds. The number of para-hydroxylation sites is 1. The zero-order valence-corrected chi connectivity index (χ0v) is 19.1. The fourth-order valence-corrected chi connectivity index (χ4v) is 3.35. The summed E-state index contributed by atoms with van der Waals surface area (Å²) in [6.07, 6.45) is 0.492. The van der Waals surface area contributed by atoms with Crippen LogP contribution in [-0.4, -0.2) is 34.9 Å². The standard InChI is InChI=1S/C24H31ClN2O3/c1-6-20(23(29)26-24(3,4)5)27(15-18-11-9-10-17(2)14-18)22(28)16-30-21-13-8-7-12-19(21)25/h7-14,20H,6,15-16H2,1-5H3,(H,26,29)/t20-/m0/s1. The number of aryl methyl sites for hydroxylation is 1. The smallest absolute Gasteiger partial charge is 0.261 e. The first-order valence-electron chi connectivity index (χ1n) is 10.1. The first kappa shape index (κ1) is 23.7. The highest BCUT2D eigenvalue weighted by Crippen LogP contribution is 2.23. The van der Waals surface area contributed by atoms with E-state index in [9.17, 15) is 9.59 Å². The number of ether oxygens (including phenoxy) is 1. The van der Waals surface area contributed by atoms with Gasteiger partial charge >= 0.3 is 0 Å². The Morgan fingerprint density at radius 3 is 2.43 bits per heavy atom. The maximum atomic E-state index is 13.2. The van der Waals surface area contributed by atoms with Crippen LogP contribution in [0.3, 0.4) is 0 Å². The number of nitrogens with one attached hydrogen (secondary N) is 1. The van der Waals surface area contributed by atoms with E-state index in [1.807, 2.05) is 58.9 Å². The summed E-state index contributed by atoms with van der Waals surface area (Å²) in [5, 5.41) is 3.43. The van der Waals surface area contributed by atoms with Gasteiger partial charge in [0.05, 0.1) is 5.02 Å². The summed E-state index contributed by atoms with van der Waals surface area (Å²) < 4.78 is 5.66. The number of hydrogen-bond donors (Lipinski definition) is 1. The monoisotopic (exact) mass is 430 g/mol. The minimum absolute atomic E-state index is 0.177. The maximum Gasteiger partial charge on any atom is 0.261 e. The van der Waals surface area contributed by atoms with Gasteiger partial charge in [0.2, 0.25) is 5.91 Å². The Morgan fingerprint density at radius 1 is 1.13 bits per heavy atom. The first-order valence-corrected chi connectivity index (χ1v) is 10.5. The van der Waals surface area contributed by atoms with Crippen LogP contribution in [0.4, 0.5) is 0 Å². The number of halogens is 1. The molecule has 2 rings (SSSR count). The molecule has 1 atom stereocenters. The van der Waals surface area contributed by atoms with Crippen molar-refractivity contribution in [3.8, 4) is 5.75 Å².